The van der Waals surface area contributed by atoms with Gasteiger partial charge in [-0.15, -0.1) is 11.3 Å². The monoisotopic (exact) mass is 326 g/mol. The molecular formula is C15H22N2O4S. The molecule has 0 radical (unpaired) electrons. The summed E-state index contributed by atoms with van der Waals surface area (Å²) in [7, 11) is 1.55. The van der Waals surface area contributed by atoms with Crippen LogP contribution < -0.4 is 5.32 Å². The molecule has 1 heterocycles. The Balaban J connectivity index is 2.45. The predicted molar refractivity (Wildman–Crippen MR) is 84.9 cm³/mol. The topological polar surface area (TPSA) is 86.7 Å². The molecule has 7 heteroatoms. The van der Waals surface area contributed by atoms with Gasteiger partial charge in [0.25, 0.3) is 5.91 Å². The molecule has 1 rings (SSSR count). The van der Waals surface area contributed by atoms with E-state index in [9.17, 15) is 14.4 Å². The van der Waals surface area contributed by atoms with Crippen LogP contribution in [0.5, 0.6) is 0 Å². The van der Waals surface area contributed by atoms with Crippen LogP contribution in [0, 0.1) is 11.8 Å². The highest BCUT2D eigenvalue weighted by Crippen LogP contribution is 2.12. The van der Waals surface area contributed by atoms with Crippen LogP contribution >= 0.6 is 11.3 Å². The highest BCUT2D eigenvalue weighted by molar-refractivity contribution is 7.12. The van der Waals surface area contributed by atoms with Gasteiger partial charge in [0.1, 0.15) is 0 Å². The van der Waals surface area contributed by atoms with E-state index in [0.29, 0.717) is 11.3 Å². The number of carbonyl (C=O) groups is 3. The van der Waals surface area contributed by atoms with Gasteiger partial charge in [0.05, 0.1) is 17.3 Å². The second-order valence-electron chi connectivity index (χ2n) is 5.61. The van der Waals surface area contributed by atoms with Crippen LogP contribution in [0.2, 0.25) is 0 Å². The molecule has 0 aromatic carbocycles. The van der Waals surface area contributed by atoms with Crippen molar-refractivity contribution in [3.63, 3.8) is 0 Å². The van der Waals surface area contributed by atoms with Crippen molar-refractivity contribution in [2.45, 2.75) is 20.3 Å². The second kappa shape index (κ2) is 8.53. The minimum absolute atomic E-state index is 0.0768. The Morgan fingerprint density at radius 1 is 1.36 bits per heavy atom. The van der Waals surface area contributed by atoms with Crippen LogP contribution in [0.4, 0.5) is 0 Å². The fraction of sp³-hybridized carbons (Fsp3) is 0.533. The summed E-state index contributed by atoms with van der Waals surface area (Å²) in [6.45, 7) is 3.86. The molecule has 2 N–H and O–H groups in total. The third-order valence-corrected chi connectivity index (χ3v) is 3.97. The first-order valence-electron chi connectivity index (χ1n) is 7.09. The first-order valence-corrected chi connectivity index (χ1v) is 7.97. The summed E-state index contributed by atoms with van der Waals surface area (Å²) in [6, 6.07) is 3.47. The Labute approximate surface area is 134 Å². The lowest BCUT2D eigenvalue weighted by molar-refractivity contribution is -0.142. The average molecular weight is 326 g/mol. The van der Waals surface area contributed by atoms with E-state index in [1.54, 1.807) is 24.6 Å². The number of carboxylic acids is 1. The van der Waals surface area contributed by atoms with Crippen molar-refractivity contribution in [1.82, 2.24) is 10.2 Å². The van der Waals surface area contributed by atoms with E-state index in [-0.39, 0.29) is 30.8 Å². The van der Waals surface area contributed by atoms with E-state index in [4.69, 9.17) is 5.11 Å². The lowest BCUT2D eigenvalue weighted by Crippen LogP contribution is -2.41. The van der Waals surface area contributed by atoms with Crippen molar-refractivity contribution in [3.8, 4) is 0 Å². The van der Waals surface area contributed by atoms with E-state index in [2.05, 4.69) is 5.32 Å². The first-order chi connectivity index (χ1) is 10.3. The molecule has 0 aliphatic carbocycles. The first kappa shape index (κ1) is 18.2. The summed E-state index contributed by atoms with van der Waals surface area (Å²) in [5, 5.41) is 13.5. The lowest BCUT2D eigenvalue weighted by atomic mass is 9.97. The zero-order valence-corrected chi connectivity index (χ0v) is 13.9. The summed E-state index contributed by atoms with van der Waals surface area (Å²) in [5.74, 6) is -1.87. The Morgan fingerprint density at radius 3 is 2.55 bits per heavy atom. The fourth-order valence-electron chi connectivity index (χ4n) is 2.01. The minimum Gasteiger partial charge on any atom is -0.481 e. The SMILES string of the molecule is CC(C)CC(CNC(=O)CN(C)C(=O)c1cccs1)C(=O)O. The summed E-state index contributed by atoms with van der Waals surface area (Å²) in [4.78, 5) is 36.8. The van der Waals surface area contributed by atoms with Crippen molar-refractivity contribution in [3.05, 3.63) is 22.4 Å². The van der Waals surface area contributed by atoms with E-state index < -0.39 is 11.9 Å². The molecule has 2 amide bonds. The largest absolute Gasteiger partial charge is 0.481 e. The van der Waals surface area contributed by atoms with Crippen LogP contribution in [-0.2, 0) is 9.59 Å². The van der Waals surface area contributed by atoms with Crippen LogP contribution in [0.3, 0.4) is 0 Å². The van der Waals surface area contributed by atoms with Crippen molar-refractivity contribution in [1.29, 1.82) is 0 Å². The number of carboxylic acid groups (broad SMARTS) is 1. The van der Waals surface area contributed by atoms with Gasteiger partial charge in [-0.3, -0.25) is 14.4 Å². The third kappa shape index (κ3) is 5.85. The van der Waals surface area contributed by atoms with E-state index in [0.717, 1.165) is 0 Å². The van der Waals surface area contributed by atoms with Crippen molar-refractivity contribution in [2.75, 3.05) is 20.1 Å². The quantitative estimate of drug-likeness (QED) is 0.761. The number of hydrogen-bond acceptors (Lipinski definition) is 4. The molecular weight excluding hydrogens is 304 g/mol. The smallest absolute Gasteiger partial charge is 0.308 e. The lowest BCUT2D eigenvalue weighted by Gasteiger charge is -2.18. The molecule has 22 heavy (non-hydrogen) atoms. The summed E-state index contributed by atoms with van der Waals surface area (Å²) in [6.07, 6.45) is 0.500. The van der Waals surface area contributed by atoms with Crippen LogP contribution in [0.15, 0.2) is 17.5 Å². The summed E-state index contributed by atoms with van der Waals surface area (Å²) in [5.41, 5.74) is 0. The number of nitrogens with one attached hydrogen (secondary N) is 1. The van der Waals surface area contributed by atoms with Gasteiger partial charge in [-0.05, 0) is 23.8 Å². The molecule has 0 bridgehead atoms. The van der Waals surface area contributed by atoms with E-state index in [1.807, 2.05) is 13.8 Å². The highest BCUT2D eigenvalue weighted by atomic mass is 32.1. The van der Waals surface area contributed by atoms with Gasteiger partial charge in [-0.1, -0.05) is 19.9 Å². The number of amides is 2. The third-order valence-electron chi connectivity index (χ3n) is 3.11. The standard InChI is InChI=1S/C15H22N2O4S/c1-10(2)7-11(15(20)21)8-16-13(18)9-17(3)14(19)12-5-4-6-22-12/h4-6,10-11H,7-9H2,1-3H3,(H,16,18)(H,20,21). The molecule has 1 unspecified atom stereocenters. The van der Waals surface area contributed by atoms with Crippen molar-refractivity contribution in [2.24, 2.45) is 11.8 Å². The van der Waals surface area contributed by atoms with Gasteiger partial charge >= 0.3 is 5.97 Å². The van der Waals surface area contributed by atoms with E-state index >= 15 is 0 Å². The van der Waals surface area contributed by atoms with Gasteiger partial charge < -0.3 is 15.3 Å². The average Bonchev–Trinajstić information content (AvgIpc) is 2.95. The summed E-state index contributed by atoms with van der Waals surface area (Å²) < 4.78 is 0. The zero-order valence-electron chi connectivity index (χ0n) is 13.0. The number of nitrogens with zero attached hydrogens (tertiary/aromatic N) is 1. The van der Waals surface area contributed by atoms with E-state index in [1.165, 1.54) is 16.2 Å². The maximum atomic E-state index is 12.0. The molecule has 1 atom stereocenters. The Morgan fingerprint density at radius 2 is 2.05 bits per heavy atom. The maximum Gasteiger partial charge on any atom is 0.308 e. The van der Waals surface area contributed by atoms with Gasteiger partial charge in [-0.2, -0.15) is 0 Å². The Kier molecular flexibility index (Phi) is 7.04. The molecule has 0 saturated carbocycles. The van der Waals surface area contributed by atoms with Gasteiger partial charge in [0, 0.05) is 13.6 Å². The number of likely N-dealkylation sites (N-methyl/N-ethyl adjacent to an activating group) is 1. The van der Waals surface area contributed by atoms with Crippen LogP contribution in [0.1, 0.15) is 29.9 Å². The molecule has 0 aliphatic rings. The van der Waals surface area contributed by atoms with Gasteiger partial charge in [0.15, 0.2) is 0 Å². The van der Waals surface area contributed by atoms with Crippen molar-refractivity contribution >= 4 is 29.1 Å². The zero-order chi connectivity index (χ0) is 16.7. The molecule has 1 aromatic rings. The van der Waals surface area contributed by atoms with Crippen LogP contribution in [0.25, 0.3) is 0 Å². The Hall–Kier alpha value is -1.89. The number of aliphatic carboxylic acids is 1. The highest BCUT2D eigenvalue weighted by Gasteiger charge is 2.21. The molecule has 0 fully saturated rings. The maximum absolute atomic E-state index is 12.0. The predicted octanol–water partition coefficient (Wildman–Crippen LogP) is 1.68. The van der Waals surface area contributed by atoms with Gasteiger partial charge in [-0.25, -0.2) is 0 Å². The molecule has 0 saturated heterocycles. The minimum atomic E-state index is -0.919. The fourth-order valence-corrected chi connectivity index (χ4v) is 2.73. The number of carbonyl (C=O) groups excluding carboxylic acids is 2. The summed E-state index contributed by atoms with van der Waals surface area (Å²) >= 11 is 1.31. The van der Waals surface area contributed by atoms with Crippen molar-refractivity contribution < 1.29 is 19.5 Å². The number of thiophene rings is 1. The second-order valence-corrected chi connectivity index (χ2v) is 6.55. The molecule has 0 aliphatic heterocycles. The molecule has 0 spiro atoms. The molecule has 1 aromatic heterocycles. The number of rotatable bonds is 8. The molecule has 122 valence electrons. The normalized spacial score (nSPS) is 12.0. The number of hydrogen-bond donors (Lipinski definition) is 2. The van der Waals surface area contributed by atoms with Crippen LogP contribution in [-0.4, -0.2) is 47.9 Å². The van der Waals surface area contributed by atoms with Gasteiger partial charge in [0.2, 0.25) is 5.91 Å². The Bertz CT molecular complexity index is 514. The molecule has 6 nitrogen and oxygen atoms in total.